The molecule has 1 fully saturated rings. The number of likely N-dealkylation sites (tertiary alicyclic amines) is 1. The van der Waals surface area contributed by atoms with Gasteiger partial charge >= 0.3 is 0 Å². The topological polar surface area (TPSA) is 60.0 Å². The number of hydrogen-bond acceptors (Lipinski definition) is 3. The van der Waals surface area contributed by atoms with E-state index in [1.165, 1.54) is 25.9 Å². The molecular formula is C18H37N5O. The van der Waals surface area contributed by atoms with Crippen molar-refractivity contribution in [2.75, 3.05) is 52.4 Å². The molecule has 0 spiro atoms. The number of nitrogens with zero attached hydrogens (tertiary/aromatic N) is 3. The molecule has 1 aliphatic heterocycles. The summed E-state index contributed by atoms with van der Waals surface area (Å²) in [5.41, 5.74) is 0. The van der Waals surface area contributed by atoms with Gasteiger partial charge in [-0.05, 0) is 46.1 Å². The first-order valence-corrected chi connectivity index (χ1v) is 9.62. The molecule has 0 radical (unpaired) electrons. The number of aliphatic imine (C=N–C) groups is 1. The third-order valence-electron chi connectivity index (χ3n) is 4.52. The van der Waals surface area contributed by atoms with Crippen LogP contribution in [0.25, 0.3) is 0 Å². The van der Waals surface area contributed by atoms with Gasteiger partial charge in [-0.3, -0.25) is 9.79 Å². The van der Waals surface area contributed by atoms with Crippen molar-refractivity contribution in [3.8, 4) is 0 Å². The summed E-state index contributed by atoms with van der Waals surface area (Å²) in [6, 6.07) is 0. The number of guanidine groups is 1. The van der Waals surface area contributed by atoms with Gasteiger partial charge in [0.2, 0.25) is 5.91 Å². The van der Waals surface area contributed by atoms with Crippen molar-refractivity contribution in [3.63, 3.8) is 0 Å². The summed E-state index contributed by atoms with van der Waals surface area (Å²) in [6.45, 7) is 15.6. The van der Waals surface area contributed by atoms with Crippen molar-refractivity contribution in [2.45, 2.75) is 47.0 Å². The average molecular weight is 340 g/mol. The molecule has 2 N–H and O–H groups in total. The van der Waals surface area contributed by atoms with Crippen LogP contribution in [0.1, 0.15) is 47.0 Å². The minimum Gasteiger partial charge on any atom is -0.357 e. The van der Waals surface area contributed by atoms with E-state index in [0.29, 0.717) is 13.0 Å². The molecule has 6 nitrogen and oxygen atoms in total. The average Bonchev–Trinajstić information content (AvgIpc) is 2.56. The minimum absolute atomic E-state index is 0.200. The molecule has 24 heavy (non-hydrogen) atoms. The van der Waals surface area contributed by atoms with Crippen molar-refractivity contribution in [1.82, 2.24) is 20.4 Å². The molecule has 0 bridgehead atoms. The molecule has 1 aliphatic rings. The van der Waals surface area contributed by atoms with Crippen LogP contribution in [0.4, 0.5) is 0 Å². The van der Waals surface area contributed by atoms with Gasteiger partial charge in [-0.15, -0.1) is 0 Å². The first-order chi connectivity index (χ1) is 11.6. The zero-order valence-corrected chi connectivity index (χ0v) is 16.1. The molecule has 0 aromatic rings. The minimum atomic E-state index is 0.200. The van der Waals surface area contributed by atoms with E-state index in [1.807, 2.05) is 18.7 Å². The fourth-order valence-electron chi connectivity index (χ4n) is 3.16. The molecule has 1 amide bonds. The van der Waals surface area contributed by atoms with Crippen LogP contribution in [0.15, 0.2) is 4.99 Å². The van der Waals surface area contributed by atoms with Gasteiger partial charge in [0.05, 0.1) is 6.54 Å². The number of carbonyl (C=O) groups excluding carboxylic acids is 1. The van der Waals surface area contributed by atoms with Crippen molar-refractivity contribution in [3.05, 3.63) is 0 Å². The highest BCUT2D eigenvalue weighted by Gasteiger charge is 2.15. The summed E-state index contributed by atoms with van der Waals surface area (Å²) in [7, 11) is 0. The normalized spacial score (nSPS) is 19.2. The molecule has 1 rings (SSSR count). The van der Waals surface area contributed by atoms with Crippen LogP contribution < -0.4 is 10.6 Å². The van der Waals surface area contributed by atoms with Crippen LogP contribution in [-0.2, 0) is 4.79 Å². The lowest BCUT2D eigenvalue weighted by atomic mass is 10.0. The Hall–Kier alpha value is -1.30. The third kappa shape index (κ3) is 7.99. The molecule has 6 heteroatoms. The summed E-state index contributed by atoms with van der Waals surface area (Å²) in [4.78, 5) is 21.0. The van der Waals surface area contributed by atoms with Gasteiger partial charge in [0.1, 0.15) is 0 Å². The fraction of sp³-hybridized carbons (Fsp3) is 0.889. The molecule has 1 heterocycles. The molecule has 0 aromatic carbocycles. The molecule has 1 unspecified atom stereocenters. The van der Waals surface area contributed by atoms with E-state index in [-0.39, 0.29) is 5.91 Å². The van der Waals surface area contributed by atoms with E-state index in [9.17, 15) is 4.79 Å². The van der Waals surface area contributed by atoms with Crippen LogP contribution >= 0.6 is 0 Å². The van der Waals surface area contributed by atoms with Crippen molar-refractivity contribution < 1.29 is 4.79 Å². The van der Waals surface area contributed by atoms with Gasteiger partial charge < -0.3 is 20.4 Å². The summed E-state index contributed by atoms with van der Waals surface area (Å²) in [6.07, 6.45) is 3.16. The second-order valence-corrected chi connectivity index (χ2v) is 6.55. The predicted molar refractivity (Wildman–Crippen MR) is 101 cm³/mol. The third-order valence-corrected chi connectivity index (χ3v) is 4.52. The van der Waals surface area contributed by atoms with Crippen LogP contribution in [0.3, 0.4) is 0 Å². The van der Waals surface area contributed by atoms with E-state index >= 15 is 0 Å². The van der Waals surface area contributed by atoms with Crippen LogP contribution in [-0.4, -0.2) is 74.0 Å². The lowest BCUT2D eigenvalue weighted by Gasteiger charge is -2.30. The number of hydrogen-bond donors (Lipinski definition) is 2. The number of amides is 1. The van der Waals surface area contributed by atoms with Crippen LogP contribution in [0.2, 0.25) is 0 Å². The van der Waals surface area contributed by atoms with Crippen LogP contribution in [0, 0.1) is 5.92 Å². The smallest absolute Gasteiger partial charge is 0.224 e. The van der Waals surface area contributed by atoms with Gasteiger partial charge in [-0.1, -0.05) is 6.92 Å². The Kier molecular flexibility index (Phi) is 10.5. The van der Waals surface area contributed by atoms with E-state index in [1.54, 1.807) is 0 Å². The van der Waals surface area contributed by atoms with Crippen molar-refractivity contribution in [1.29, 1.82) is 0 Å². The quantitative estimate of drug-likeness (QED) is 0.494. The Morgan fingerprint density at radius 1 is 1.25 bits per heavy atom. The standard InChI is InChI=1S/C18H37N5O/c1-5-19-18(20-11-10-17(24)23(6-2)7-3)21-12-14-22-13-8-9-16(4)15-22/h16H,5-15H2,1-4H3,(H2,19,20,21). The maximum absolute atomic E-state index is 12.0. The fourth-order valence-corrected chi connectivity index (χ4v) is 3.16. The number of nitrogens with one attached hydrogen (secondary N) is 2. The van der Waals surface area contributed by atoms with E-state index in [2.05, 4.69) is 34.4 Å². The molecule has 1 atom stereocenters. The van der Waals surface area contributed by atoms with Crippen molar-refractivity contribution in [2.24, 2.45) is 10.9 Å². The highest BCUT2D eigenvalue weighted by atomic mass is 16.2. The van der Waals surface area contributed by atoms with Crippen LogP contribution in [0.5, 0.6) is 0 Å². The Bertz CT molecular complexity index is 382. The molecule has 1 saturated heterocycles. The highest BCUT2D eigenvalue weighted by Crippen LogP contribution is 2.14. The molecular weight excluding hydrogens is 302 g/mol. The lowest BCUT2D eigenvalue weighted by Crippen LogP contribution is -2.41. The maximum Gasteiger partial charge on any atom is 0.224 e. The van der Waals surface area contributed by atoms with Gasteiger partial charge in [-0.2, -0.15) is 0 Å². The number of rotatable bonds is 9. The second-order valence-electron chi connectivity index (χ2n) is 6.55. The largest absolute Gasteiger partial charge is 0.357 e. The lowest BCUT2D eigenvalue weighted by molar-refractivity contribution is -0.130. The number of piperidine rings is 1. The van der Waals surface area contributed by atoms with E-state index < -0.39 is 0 Å². The summed E-state index contributed by atoms with van der Waals surface area (Å²) < 4.78 is 0. The Labute approximate surface area is 148 Å². The SMILES string of the molecule is CCNC(=NCCN1CCCC(C)C1)NCCC(=O)N(CC)CC. The zero-order valence-electron chi connectivity index (χ0n) is 16.1. The summed E-state index contributed by atoms with van der Waals surface area (Å²) in [5.74, 6) is 1.82. The predicted octanol–water partition coefficient (Wildman–Crippen LogP) is 1.53. The second kappa shape index (κ2) is 12.1. The molecule has 0 aromatic heterocycles. The number of carbonyl (C=O) groups is 1. The van der Waals surface area contributed by atoms with Crippen molar-refractivity contribution >= 4 is 11.9 Å². The Balaban J connectivity index is 2.32. The van der Waals surface area contributed by atoms with E-state index in [0.717, 1.165) is 44.6 Å². The first-order valence-electron chi connectivity index (χ1n) is 9.62. The maximum atomic E-state index is 12.0. The molecule has 0 saturated carbocycles. The Morgan fingerprint density at radius 2 is 2.00 bits per heavy atom. The van der Waals surface area contributed by atoms with Gasteiger partial charge in [0.25, 0.3) is 0 Å². The van der Waals surface area contributed by atoms with Gasteiger partial charge in [-0.25, -0.2) is 0 Å². The zero-order chi connectivity index (χ0) is 17.8. The monoisotopic (exact) mass is 339 g/mol. The molecule has 140 valence electrons. The van der Waals surface area contributed by atoms with E-state index in [4.69, 9.17) is 0 Å². The Morgan fingerprint density at radius 3 is 2.62 bits per heavy atom. The van der Waals surface area contributed by atoms with Gasteiger partial charge in [0, 0.05) is 45.7 Å². The first kappa shape index (κ1) is 20.7. The summed E-state index contributed by atoms with van der Waals surface area (Å²) >= 11 is 0. The summed E-state index contributed by atoms with van der Waals surface area (Å²) in [5, 5.41) is 6.53. The molecule has 0 aliphatic carbocycles. The highest BCUT2D eigenvalue weighted by molar-refractivity contribution is 5.81. The van der Waals surface area contributed by atoms with Gasteiger partial charge in [0.15, 0.2) is 5.96 Å².